The molecular weight excluding hydrogens is 426 g/mol. The van der Waals surface area contributed by atoms with E-state index in [0.29, 0.717) is 17.6 Å². The highest BCUT2D eigenvalue weighted by Gasteiger charge is 2.25. The average molecular weight is 448 g/mol. The molecule has 4 rings (SSSR count). The van der Waals surface area contributed by atoms with Crippen LogP contribution < -0.4 is 15.4 Å². The van der Waals surface area contributed by atoms with Crippen LogP contribution in [0.3, 0.4) is 0 Å². The molecule has 0 aliphatic rings. The molecule has 162 valence electrons. The van der Waals surface area contributed by atoms with Crippen LogP contribution in [-0.2, 0) is 16.4 Å². The number of hydrogen-bond donors (Lipinski definition) is 2. The van der Waals surface area contributed by atoms with Crippen LogP contribution in [0.25, 0.3) is 10.8 Å². The van der Waals surface area contributed by atoms with Crippen LogP contribution in [0.4, 0.5) is 10.5 Å². The topological polar surface area (TPSA) is 97.4 Å². The molecule has 0 aliphatic heterocycles. The van der Waals surface area contributed by atoms with Crippen molar-refractivity contribution in [1.29, 1.82) is 0 Å². The molecule has 0 unspecified atom stereocenters. The first-order chi connectivity index (χ1) is 15.5. The number of carbonyl (C=O) groups excluding carboxylic acids is 1. The maximum absolute atomic E-state index is 13.4. The fraction of sp³-hybridized carbons (Fsp3) is 0.0833. The maximum Gasteiger partial charge on any atom is 0.319 e. The number of methoxy groups -OCH3 is 1. The van der Waals surface area contributed by atoms with E-state index in [0.717, 1.165) is 10.9 Å². The minimum absolute atomic E-state index is 0.105. The van der Waals surface area contributed by atoms with Crippen molar-refractivity contribution in [2.24, 2.45) is 0 Å². The van der Waals surface area contributed by atoms with Crippen molar-refractivity contribution in [1.82, 2.24) is 10.3 Å². The third-order valence-corrected chi connectivity index (χ3v) is 6.78. The number of pyridine rings is 1. The van der Waals surface area contributed by atoms with Crippen LogP contribution >= 0.6 is 0 Å². The molecule has 1 aromatic heterocycles. The second-order valence-corrected chi connectivity index (χ2v) is 8.90. The number of carbonyl (C=O) groups is 1. The van der Waals surface area contributed by atoms with Gasteiger partial charge in [-0.25, -0.2) is 13.2 Å². The number of aromatic nitrogens is 1. The summed E-state index contributed by atoms with van der Waals surface area (Å²) in [6.07, 6.45) is 3.33. The van der Waals surface area contributed by atoms with Crippen molar-refractivity contribution < 1.29 is 17.9 Å². The van der Waals surface area contributed by atoms with E-state index in [4.69, 9.17) is 4.74 Å². The number of anilines is 1. The van der Waals surface area contributed by atoms with E-state index in [2.05, 4.69) is 15.6 Å². The second kappa shape index (κ2) is 9.07. The third-order valence-electron chi connectivity index (χ3n) is 4.93. The smallest absolute Gasteiger partial charge is 0.319 e. The van der Waals surface area contributed by atoms with Crippen LogP contribution in [0.2, 0.25) is 0 Å². The number of ether oxygens (including phenoxy) is 1. The normalized spacial score (nSPS) is 11.2. The molecule has 1 heterocycles. The Morgan fingerprint density at radius 1 is 0.969 bits per heavy atom. The van der Waals surface area contributed by atoms with Crippen LogP contribution in [-0.4, -0.2) is 26.5 Å². The third kappa shape index (κ3) is 4.40. The molecule has 0 aliphatic carbocycles. The van der Waals surface area contributed by atoms with Gasteiger partial charge in [-0.2, -0.15) is 0 Å². The van der Waals surface area contributed by atoms with Gasteiger partial charge in [0.25, 0.3) is 0 Å². The van der Waals surface area contributed by atoms with Gasteiger partial charge < -0.3 is 15.4 Å². The van der Waals surface area contributed by atoms with Crippen molar-refractivity contribution >= 4 is 32.3 Å². The molecule has 0 radical (unpaired) electrons. The van der Waals surface area contributed by atoms with Gasteiger partial charge in [0, 0.05) is 30.0 Å². The Balaban J connectivity index is 1.55. The number of fused-ring (bicyclic) bond motifs is 1. The van der Waals surface area contributed by atoms with E-state index in [9.17, 15) is 13.2 Å². The Hall–Kier alpha value is -3.91. The maximum atomic E-state index is 13.4. The molecule has 4 aromatic rings. The molecule has 0 spiro atoms. The molecular formula is C24H21N3O4S. The zero-order valence-electron chi connectivity index (χ0n) is 17.3. The summed E-state index contributed by atoms with van der Waals surface area (Å²) in [5.41, 5.74) is 1.34. The number of sulfone groups is 1. The van der Waals surface area contributed by atoms with E-state index in [1.807, 2.05) is 24.3 Å². The largest absolute Gasteiger partial charge is 0.495 e. The zero-order chi connectivity index (χ0) is 22.6. The van der Waals surface area contributed by atoms with Gasteiger partial charge >= 0.3 is 6.03 Å². The number of hydrogen-bond acceptors (Lipinski definition) is 5. The van der Waals surface area contributed by atoms with Crippen molar-refractivity contribution in [3.63, 3.8) is 0 Å². The lowest BCUT2D eigenvalue weighted by molar-refractivity contribution is 0.251. The molecule has 3 aromatic carbocycles. The van der Waals surface area contributed by atoms with Gasteiger partial charge in [0.05, 0.1) is 12.0 Å². The zero-order valence-corrected chi connectivity index (χ0v) is 18.1. The van der Waals surface area contributed by atoms with Gasteiger partial charge in [0.2, 0.25) is 9.84 Å². The Morgan fingerprint density at radius 2 is 1.75 bits per heavy atom. The summed E-state index contributed by atoms with van der Waals surface area (Å²) >= 11 is 0. The summed E-state index contributed by atoms with van der Waals surface area (Å²) in [7, 11) is -2.42. The molecule has 8 heteroatoms. The lowest BCUT2D eigenvalue weighted by Crippen LogP contribution is -2.28. The van der Waals surface area contributed by atoms with Crippen molar-refractivity contribution in [3.05, 3.63) is 90.8 Å². The molecule has 2 N–H and O–H groups in total. The number of nitrogens with zero attached hydrogens (tertiary/aromatic N) is 1. The molecule has 0 atom stereocenters. The highest BCUT2D eigenvalue weighted by atomic mass is 32.2. The number of nitrogens with one attached hydrogen (secondary N) is 2. The molecule has 0 saturated heterocycles. The van der Waals surface area contributed by atoms with Gasteiger partial charge in [0.1, 0.15) is 10.6 Å². The van der Waals surface area contributed by atoms with Crippen LogP contribution in [0.15, 0.2) is 95.0 Å². The van der Waals surface area contributed by atoms with E-state index < -0.39 is 15.9 Å². The van der Waals surface area contributed by atoms with Crippen LogP contribution in [0.1, 0.15) is 5.56 Å². The molecule has 0 saturated carbocycles. The molecule has 2 amide bonds. The summed E-state index contributed by atoms with van der Waals surface area (Å²) in [6, 6.07) is 20.0. The minimum atomic E-state index is -3.86. The molecule has 7 nitrogen and oxygen atoms in total. The van der Waals surface area contributed by atoms with Gasteiger partial charge in [0.15, 0.2) is 0 Å². The van der Waals surface area contributed by atoms with E-state index in [1.165, 1.54) is 19.2 Å². The Labute approximate surface area is 186 Å². The summed E-state index contributed by atoms with van der Waals surface area (Å²) in [6.45, 7) is 0.326. The van der Waals surface area contributed by atoms with Crippen molar-refractivity contribution in [2.45, 2.75) is 16.3 Å². The first kappa shape index (κ1) is 21.3. The summed E-state index contributed by atoms with van der Waals surface area (Å²) in [4.78, 5) is 16.4. The monoisotopic (exact) mass is 447 g/mol. The standard InChI is InChI=1S/C24H21N3O4S/c1-31-22-13-8-18-6-2-3-7-21(18)23(22)32(29,30)20-11-9-19(10-12-20)27-24(28)26-16-17-5-4-14-25-15-17/h2-15H,16H2,1H3,(H2,26,27,28). The van der Waals surface area contributed by atoms with Gasteiger partial charge in [-0.15, -0.1) is 0 Å². The predicted octanol–water partition coefficient (Wildman–Crippen LogP) is 4.40. The number of benzene rings is 3. The highest BCUT2D eigenvalue weighted by molar-refractivity contribution is 7.91. The van der Waals surface area contributed by atoms with E-state index in [1.54, 1.807) is 48.8 Å². The quantitative estimate of drug-likeness (QED) is 0.457. The van der Waals surface area contributed by atoms with Crippen LogP contribution in [0.5, 0.6) is 5.75 Å². The van der Waals surface area contributed by atoms with E-state index in [-0.39, 0.29) is 15.5 Å². The lowest BCUT2D eigenvalue weighted by atomic mass is 10.1. The highest BCUT2D eigenvalue weighted by Crippen LogP contribution is 2.36. The van der Waals surface area contributed by atoms with Crippen molar-refractivity contribution in [2.75, 3.05) is 12.4 Å². The molecule has 0 bridgehead atoms. The minimum Gasteiger partial charge on any atom is -0.495 e. The van der Waals surface area contributed by atoms with Gasteiger partial charge in [-0.3, -0.25) is 4.98 Å². The molecule has 32 heavy (non-hydrogen) atoms. The first-order valence-corrected chi connectivity index (χ1v) is 11.3. The summed E-state index contributed by atoms with van der Waals surface area (Å²) in [5, 5.41) is 6.81. The first-order valence-electron chi connectivity index (χ1n) is 9.84. The summed E-state index contributed by atoms with van der Waals surface area (Å²) < 4.78 is 32.2. The fourth-order valence-corrected chi connectivity index (χ4v) is 4.98. The Bertz CT molecular complexity index is 1360. The second-order valence-electron chi connectivity index (χ2n) is 7.01. The number of rotatable bonds is 6. The summed E-state index contributed by atoms with van der Waals surface area (Å²) in [5.74, 6) is 0.278. The SMILES string of the molecule is COc1ccc2ccccc2c1S(=O)(=O)c1ccc(NC(=O)NCc2cccnc2)cc1. The Kier molecular flexibility index (Phi) is 6.04. The number of urea groups is 1. The Morgan fingerprint density at radius 3 is 2.47 bits per heavy atom. The fourth-order valence-electron chi connectivity index (χ4n) is 3.36. The van der Waals surface area contributed by atoms with Crippen LogP contribution in [0, 0.1) is 0 Å². The van der Waals surface area contributed by atoms with Gasteiger partial charge in [-0.05, 0) is 47.3 Å². The molecule has 0 fully saturated rings. The average Bonchev–Trinajstić information content (AvgIpc) is 2.83. The predicted molar refractivity (Wildman–Crippen MR) is 122 cm³/mol. The number of amides is 2. The lowest BCUT2D eigenvalue weighted by Gasteiger charge is -2.13. The van der Waals surface area contributed by atoms with Crippen molar-refractivity contribution in [3.8, 4) is 5.75 Å². The van der Waals surface area contributed by atoms with Gasteiger partial charge in [-0.1, -0.05) is 36.4 Å². The van der Waals surface area contributed by atoms with E-state index >= 15 is 0 Å².